The van der Waals surface area contributed by atoms with Crippen LogP contribution in [-0.2, 0) is 14.3 Å². The second-order valence-corrected chi connectivity index (χ2v) is 11.3. The van der Waals surface area contributed by atoms with E-state index in [0.29, 0.717) is 6.42 Å². The number of rotatable bonds is 11. The van der Waals surface area contributed by atoms with Gasteiger partial charge in [-0.15, -0.1) is 0 Å². The number of amides is 3. The molecule has 0 saturated heterocycles. The molecule has 0 bridgehead atoms. The van der Waals surface area contributed by atoms with Gasteiger partial charge in [0.2, 0.25) is 11.8 Å². The first-order valence-electron chi connectivity index (χ1n) is 13.0. The SMILES string of the molecule is CCCC(C)NC(=O)C(c1ccc(C)cc1)N(C(=O)C(CC(C)C)NC(=O)OC(C)(C)C)C1CC1. The maximum atomic E-state index is 14.0. The van der Waals surface area contributed by atoms with Crippen LogP contribution in [0.5, 0.6) is 0 Å². The Hall–Kier alpha value is -2.57. The molecule has 0 heterocycles. The van der Waals surface area contributed by atoms with Crippen LogP contribution >= 0.6 is 0 Å². The van der Waals surface area contributed by atoms with Gasteiger partial charge in [-0.1, -0.05) is 57.0 Å². The van der Waals surface area contributed by atoms with E-state index in [1.807, 2.05) is 52.0 Å². The highest BCUT2D eigenvalue weighted by Crippen LogP contribution is 2.36. The lowest BCUT2D eigenvalue weighted by atomic mass is 9.98. The van der Waals surface area contributed by atoms with Gasteiger partial charge in [-0.3, -0.25) is 9.59 Å². The molecule has 1 aromatic carbocycles. The van der Waals surface area contributed by atoms with Crippen LogP contribution in [0.15, 0.2) is 24.3 Å². The fourth-order valence-electron chi connectivity index (χ4n) is 4.21. The summed E-state index contributed by atoms with van der Waals surface area (Å²) in [6, 6.07) is 6.20. The van der Waals surface area contributed by atoms with Crippen molar-refractivity contribution in [1.29, 1.82) is 0 Å². The molecule has 2 rings (SSSR count). The number of benzene rings is 1. The summed E-state index contributed by atoms with van der Waals surface area (Å²) in [5.74, 6) is -0.261. The Kier molecular flexibility index (Phi) is 10.2. The number of nitrogens with one attached hydrogen (secondary N) is 2. The molecule has 1 aliphatic carbocycles. The van der Waals surface area contributed by atoms with E-state index in [4.69, 9.17) is 4.74 Å². The quantitative estimate of drug-likeness (QED) is 0.445. The van der Waals surface area contributed by atoms with Gasteiger partial charge in [-0.25, -0.2) is 4.79 Å². The average molecular weight is 488 g/mol. The normalized spacial score (nSPS) is 16.3. The molecule has 2 N–H and O–H groups in total. The maximum Gasteiger partial charge on any atom is 0.408 e. The zero-order valence-corrected chi connectivity index (χ0v) is 22.8. The first kappa shape index (κ1) is 28.7. The van der Waals surface area contributed by atoms with E-state index < -0.39 is 23.8 Å². The van der Waals surface area contributed by atoms with Crippen molar-refractivity contribution in [3.63, 3.8) is 0 Å². The molecule has 1 aliphatic rings. The lowest BCUT2D eigenvalue weighted by Gasteiger charge is -2.35. The van der Waals surface area contributed by atoms with Crippen LogP contribution < -0.4 is 10.6 Å². The molecule has 196 valence electrons. The summed E-state index contributed by atoms with van der Waals surface area (Å²) in [5.41, 5.74) is 1.18. The molecule has 7 nitrogen and oxygen atoms in total. The maximum absolute atomic E-state index is 14.0. The Morgan fingerprint density at radius 3 is 2.14 bits per heavy atom. The predicted octanol–water partition coefficient (Wildman–Crippen LogP) is 5.27. The first-order chi connectivity index (χ1) is 16.3. The van der Waals surface area contributed by atoms with Crippen molar-refractivity contribution in [3.05, 3.63) is 35.4 Å². The minimum atomic E-state index is -0.778. The number of hydrogen-bond donors (Lipinski definition) is 2. The van der Waals surface area contributed by atoms with Crippen molar-refractivity contribution >= 4 is 17.9 Å². The zero-order chi connectivity index (χ0) is 26.3. The molecule has 3 atom stereocenters. The summed E-state index contributed by atoms with van der Waals surface area (Å²) in [7, 11) is 0. The van der Waals surface area contributed by atoms with Crippen LogP contribution in [0.2, 0.25) is 0 Å². The van der Waals surface area contributed by atoms with Crippen molar-refractivity contribution in [2.24, 2.45) is 5.92 Å². The molecule has 0 radical (unpaired) electrons. The monoisotopic (exact) mass is 487 g/mol. The molecule has 3 amide bonds. The van der Waals surface area contributed by atoms with Crippen LogP contribution in [0, 0.1) is 12.8 Å². The molecular weight excluding hydrogens is 442 g/mol. The fraction of sp³-hybridized carbons (Fsp3) is 0.679. The predicted molar refractivity (Wildman–Crippen MR) is 139 cm³/mol. The molecule has 0 aliphatic heterocycles. The van der Waals surface area contributed by atoms with E-state index in [2.05, 4.69) is 17.6 Å². The Bertz CT molecular complexity index is 856. The highest BCUT2D eigenvalue weighted by Gasteiger charge is 2.44. The van der Waals surface area contributed by atoms with Crippen molar-refractivity contribution in [1.82, 2.24) is 15.5 Å². The number of carbonyl (C=O) groups excluding carboxylic acids is 3. The molecule has 1 saturated carbocycles. The van der Waals surface area contributed by atoms with Crippen LogP contribution in [0.25, 0.3) is 0 Å². The van der Waals surface area contributed by atoms with Crippen LogP contribution in [0.1, 0.15) is 97.7 Å². The minimum absolute atomic E-state index is 0.00273. The van der Waals surface area contributed by atoms with Gasteiger partial charge in [0.05, 0.1) is 0 Å². The molecule has 1 aromatic rings. The molecular formula is C28H45N3O4. The van der Waals surface area contributed by atoms with Crippen molar-refractivity contribution in [2.75, 3.05) is 0 Å². The van der Waals surface area contributed by atoms with E-state index >= 15 is 0 Å². The van der Waals surface area contributed by atoms with E-state index in [9.17, 15) is 14.4 Å². The Morgan fingerprint density at radius 1 is 1.06 bits per heavy atom. The van der Waals surface area contributed by atoms with E-state index in [1.165, 1.54) is 0 Å². The summed E-state index contributed by atoms with van der Waals surface area (Å²) in [5, 5.41) is 5.92. The second-order valence-electron chi connectivity index (χ2n) is 11.3. The number of alkyl carbamates (subject to hydrolysis) is 1. The Morgan fingerprint density at radius 2 is 1.66 bits per heavy atom. The van der Waals surface area contributed by atoms with Crippen LogP contribution in [0.4, 0.5) is 4.79 Å². The highest BCUT2D eigenvalue weighted by atomic mass is 16.6. The standard InChI is InChI=1S/C28H45N3O4/c1-9-10-20(5)29-25(32)24(21-13-11-19(4)12-14-21)31(22-15-16-22)26(33)23(17-18(2)3)30-27(34)35-28(6,7)8/h11-14,18,20,22-24H,9-10,15-17H2,1-8H3,(H,29,32)(H,30,34). The molecule has 3 unspecified atom stereocenters. The van der Waals surface area contributed by atoms with Crippen LogP contribution in [-0.4, -0.2) is 46.5 Å². The van der Waals surface area contributed by atoms with Gasteiger partial charge < -0.3 is 20.3 Å². The lowest BCUT2D eigenvalue weighted by molar-refractivity contribution is -0.143. The zero-order valence-electron chi connectivity index (χ0n) is 22.8. The summed E-state index contributed by atoms with van der Waals surface area (Å²) in [4.78, 5) is 42.0. The first-order valence-corrected chi connectivity index (χ1v) is 13.0. The third kappa shape index (κ3) is 9.19. The topological polar surface area (TPSA) is 87.7 Å². The van der Waals surface area contributed by atoms with Gasteiger partial charge in [-0.05, 0) is 71.8 Å². The van der Waals surface area contributed by atoms with Gasteiger partial charge in [0.25, 0.3) is 0 Å². The van der Waals surface area contributed by atoms with E-state index in [1.54, 1.807) is 25.7 Å². The molecule has 0 aromatic heterocycles. The summed E-state index contributed by atoms with van der Waals surface area (Å²) in [6.07, 6.45) is 3.33. The number of nitrogens with zero attached hydrogens (tertiary/aromatic N) is 1. The summed E-state index contributed by atoms with van der Waals surface area (Å²) >= 11 is 0. The van der Waals surface area contributed by atoms with Gasteiger partial charge in [0.1, 0.15) is 17.7 Å². The smallest absolute Gasteiger partial charge is 0.408 e. The number of hydrogen-bond acceptors (Lipinski definition) is 4. The largest absolute Gasteiger partial charge is 0.444 e. The number of ether oxygens (including phenoxy) is 1. The fourth-order valence-corrected chi connectivity index (χ4v) is 4.21. The summed E-state index contributed by atoms with van der Waals surface area (Å²) < 4.78 is 5.44. The lowest BCUT2D eigenvalue weighted by Crippen LogP contribution is -2.54. The number of aryl methyl sites for hydroxylation is 1. The molecule has 0 spiro atoms. The average Bonchev–Trinajstić information content (AvgIpc) is 3.55. The van der Waals surface area contributed by atoms with Crippen LogP contribution in [0.3, 0.4) is 0 Å². The van der Waals surface area contributed by atoms with Crippen molar-refractivity contribution in [2.45, 2.75) is 117 Å². The minimum Gasteiger partial charge on any atom is -0.444 e. The molecule has 7 heteroatoms. The molecule has 1 fully saturated rings. The third-order valence-corrected chi connectivity index (χ3v) is 5.92. The van der Waals surface area contributed by atoms with E-state index in [-0.39, 0.29) is 29.8 Å². The Balaban J connectivity index is 2.42. The van der Waals surface area contributed by atoms with E-state index in [0.717, 1.165) is 36.8 Å². The van der Waals surface area contributed by atoms with Gasteiger partial charge in [0, 0.05) is 12.1 Å². The molecule has 35 heavy (non-hydrogen) atoms. The van der Waals surface area contributed by atoms with Gasteiger partial charge in [0.15, 0.2) is 0 Å². The van der Waals surface area contributed by atoms with Gasteiger partial charge >= 0.3 is 6.09 Å². The third-order valence-electron chi connectivity index (χ3n) is 5.92. The highest BCUT2D eigenvalue weighted by molar-refractivity contribution is 5.92. The van der Waals surface area contributed by atoms with Crippen molar-refractivity contribution < 1.29 is 19.1 Å². The summed E-state index contributed by atoms with van der Waals surface area (Å²) in [6.45, 7) is 15.5. The second kappa shape index (κ2) is 12.4. The van der Waals surface area contributed by atoms with Gasteiger partial charge in [-0.2, -0.15) is 0 Å². The van der Waals surface area contributed by atoms with Crippen molar-refractivity contribution in [3.8, 4) is 0 Å². The Labute approximate surface area is 211 Å². The number of carbonyl (C=O) groups is 3.